The molecule has 1 saturated heterocycles. The van der Waals surface area contributed by atoms with E-state index < -0.39 is 14.2 Å². The van der Waals surface area contributed by atoms with Gasteiger partial charge in [0, 0.05) is 0 Å². The summed E-state index contributed by atoms with van der Waals surface area (Å²) in [5, 5.41) is 10.1. The third-order valence-corrected chi connectivity index (χ3v) is 5.00. The van der Waals surface area contributed by atoms with E-state index in [9.17, 15) is 5.11 Å². The Morgan fingerprint density at radius 2 is 1.80 bits per heavy atom. The van der Waals surface area contributed by atoms with Crippen LogP contribution in [0.5, 0.6) is 0 Å². The summed E-state index contributed by atoms with van der Waals surface area (Å²) in [6, 6.07) is 9.76. The van der Waals surface area contributed by atoms with Crippen molar-refractivity contribution < 1.29 is 9.84 Å². The van der Waals surface area contributed by atoms with Gasteiger partial charge in [0.1, 0.15) is 12.2 Å². The summed E-state index contributed by atoms with van der Waals surface area (Å²) in [5.74, 6) is 0. The molecule has 1 heterocycles. The number of hydrogen-bond donors (Lipinski definition) is 1. The highest BCUT2D eigenvalue weighted by molar-refractivity contribution is 6.78. The van der Waals surface area contributed by atoms with Crippen LogP contribution in [0.25, 0.3) is 0 Å². The summed E-state index contributed by atoms with van der Waals surface area (Å²) in [4.78, 5) is 0. The number of ether oxygens (including phenoxy) is 1. The van der Waals surface area contributed by atoms with Gasteiger partial charge in [-0.25, -0.2) is 0 Å². The highest BCUT2D eigenvalue weighted by atomic mass is 28.3. The molecule has 1 N–H and O–H groups in total. The molecule has 1 aliphatic rings. The van der Waals surface area contributed by atoms with Gasteiger partial charge in [-0.05, 0) is 5.56 Å². The monoisotopic (exact) mass is 222 g/mol. The Kier molecular flexibility index (Phi) is 2.71. The highest BCUT2D eigenvalue weighted by Gasteiger charge is 2.52. The van der Waals surface area contributed by atoms with Crippen LogP contribution in [-0.2, 0) is 4.74 Å². The molecule has 0 amide bonds. The molecule has 0 aliphatic carbocycles. The summed E-state index contributed by atoms with van der Waals surface area (Å²) in [5.41, 5.74) is 1.27. The minimum absolute atomic E-state index is 0.0269. The number of benzene rings is 1. The van der Waals surface area contributed by atoms with E-state index in [-0.39, 0.29) is 6.10 Å². The van der Waals surface area contributed by atoms with Gasteiger partial charge in [0.25, 0.3) is 0 Å². The van der Waals surface area contributed by atoms with Crippen LogP contribution >= 0.6 is 0 Å². The maximum atomic E-state index is 10.1. The summed E-state index contributed by atoms with van der Waals surface area (Å²) in [6.07, 6.45) is -0.429. The topological polar surface area (TPSA) is 32.8 Å². The number of aliphatic hydroxyl groups excluding tert-OH is 1. The largest absolute Gasteiger partial charge is 0.386 e. The Morgan fingerprint density at radius 1 is 1.20 bits per heavy atom. The predicted molar refractivity (Wildman–Crippen MR) is 63.4 cm³/mol. The molecule has 1 aliphatic heterocycles. The van der Waals surface area contributed by atoms with Crippen LogP contribution in [0.2, 0.25) is 19.6 Å². The second-order valence-electron chi connectivity index (χ2n) is 5.24. The molecule has 2 rings (SSSR count). The van der Waals surface area contributed by atoms with Gasteiger partial charge in [-0.1, -0.05) is 50.0 Å². The van der Waals surface area contributed by atoms with Crippen LogP contribution in [0.15, 0.2) is 30.3 Å². The Hall–Kier alpha value is -0.643. The summed E-state index contributed by atoms with van der Waals surface area (Å²) >= 11 is 0. The van der Waals surface area contributed by atoms with Crippen molar-refractivity contribution in [2.24, 2.45) is 0 Å². The fraction of sp³-hybridized carbons (Fsp3) is 0.500. The Labute approximate surface area is 91.9 Å². The normalized spacial score (nSPS) is 27.5. The first-order valence-corrected chi connectivity index (χ1v) is 8.96. The first-order valence-electron chi connectivity index (χ1n) is 5.38. The lowest BCUT2D eigenvalue weighted by Gasteiger charge is -2.13. The minimum atomic E-state index is -1.26. The number of hydrogen-bond acceptors (Lipinski definition) is 2. The van der Waals surface area contributed by atoms with E-state index >= 15 is 0 Å². The molecule has 2 nitrogen and oxygen atoms in total. The molecule has 0 radical (unpaired) electrons. The van der Waals surface area contributed by atoms with Gasteiger partial charge in [-0.3, -0.25) is 0 Å². The average Bonchev–Trinajstić information content (AvgIpc) is 2.97. The lowest BCUT2D eigenvalue weighted by atomic mass is 10.1. The van der Waals surface area contributed by atoms with Gasteiger partial charge < -0.3 is 9.84 Å². The van der Waals surface area contributed by atoms with Crippen LogP contribution < -0.4 is 0 Å². The van der Waals surface area contributed by atoms with Crippen LogP contribution in [-0.4, -0.2) is 25.0 Å². The van der Waals surface area contributed by atoms with E-state index in [1.807, 2.05) is 30.3 Å². The molecule has 0 unspecified atom stereocenters. The fourth-order valence-corrected chi connectivity index (χ4v) is 3.63. The van der Waals surface area contributed by atoms with Crippen LogP contribution in [0, 0.1) is 0 Å². The fourth-order valence-electron chi connectivity index (χ4n) is 1.90. The van der Waals surface area contributed by atoms with Gasteiger partial charge in [-0.15, -0.1) is 0 Å². The van der Waals surface area contributed by atoms with Crippen molar-refractivity contribution in [3.63, 3.8) is 0 Å². The summed E-state index contributed by atoms with van der Waals surface area (Å²) < 4.78 is 5.61. The first kappa shape index (κ1) is 10.9. The van der Waals surface area contributed by atoms with Gasteiger partial charge in [0.05, 0.1) is 13.8 Å². The van der Waals surface area contributed by atoms with Crippen molar-refractivity contribution in [3.05, 3.63) is 35.9 Å². The standard InChI is InChI=1S/C12H18O2Si/c1-15(2,3)12-11(14-12)10(13)9-7-5-4-6-8-9/h4-8,10-13H,1-3H3/t10-,11+,12+/m1/s1. The van der Waals surface area contributed by atoms with Crippen molar-refractivity contribution in [1.82, 2.24) is 0 Å². The molecule has 0 spiro atoms. The van der Waals surface area contributed by atoms with Crippen molar-refractivity contribution in [2.45, 2.75) is 37.6 Å². The Balaban J connectivity index is 2.04. The second-order valence-corrected chi connectivity index (χ2v) is 10.5. The number of rotatable bonds is 3. The van der Waals surface area contributed by atoms with Crippen molar-refractivity contribution in [3.8, 4) is 0 Å². The van der Waals surface area contributed by atoms with E-state index in [1.165, 1.54) is 0 Å². The zero-order valence-corrected chi connectivity index (χ0v) is 10.5. The third kappa shape index (κ3) is 2.30. The molecular weight excluding hydrogens is 204 g/mol. The quantitative estimate of drug-likeness (QED) is 0.629. The average molecular weight is 222 g/mol. The summed E-state index contributed by atoms with van der Waals surface area (Å²) in [7, 11) is -1.26. The summed E-state index contributed by atoms with van der Waals surface area (Å²) in [6.45, 7) is 6.82. The molecule has 1 fully saturated rings. The molecule has 0 bridgehead atoms. The van der Waals surface area contributed by atoms with Gasteiger partial charge in [0.2, 0.25) is 0 Å². The number of epoxide rings is 1. The molecule has 0 aromatic heterocycles. The zero-order chi connectivity index (χ0) is 11.1. The van der Waals surface area contributed by atoms with Gasteiger partial charge in [0.15, 0.2) is 0 Å². The maximum absolute atomic E-state index is 10.1. The van der Waals surface area contributed by atoms with Gasteiger partial charge in [-0.2, -0.15) is 0 Å². The van der Waals surface area contributed by atoms with Crippen molar-refractivity contribution in [1.29, 1.82) is 0 Å². The molecule has 15 heavy (non-hydrogen) atoms. The molecule has 1 aromatic rings. The third-order valence-electron chi connectivity index (χ3n) is 2.83. The first-order chi connectivity index (χ1) is 7.00. The van der Waals surface area contributed by atoms with Crippen LogP contribution in [0.1, 0.15) is 11.7 Å². The van der Waals surface area contributed by atoms with Crippen LogP contribution in [0.3, 0.4) is 0 Å². The Bertz CT molecular complexity index is 331. The number of aliphatic hydroxyl groups is 1. The molecule has 3 atom stereocenters. The molecule has 0 saturated carbocycles. The zero-order valence-electron chi connectivity index (χ0n) is 9.47. The second kappa shape index (κ2) is 3.74. The van der Waals surface area contributed by atoms with E-state index in [1.54, 1.807) is 0 Å². The molecule has 3 heteroatoms. The molecule has 82 valence electrons. The van der Waals surface area contributed by atoms with E-state index in [0.717, 1.165) is 5.56 Å². The van der Waals surface area contributed by atoms with Crippen molar-refractivity contribution >= 4 is 8.07 Å². The smallest absolute Gasteiger partial charge is 0.111 e. The van der Waals surface area contributed by atoms with E-state index in [4.69, 9.17) is 4.74 Å². The highest BCUT2D eigenvalue weighted by Crippen LogP contribution is 2.39. The Morgan fingerprint density at radius 3 is 2.27 bits per heavy atom. The van der Waals surface area contributed by atoms with Gasteiger partial charge >= 0.3 is 0 Å². The maximum Gasteiger partial charge on any atom is 0.111 e. The molecule has 1 aromatic carbocycles. The predicted octanol–water partition coefficient (Wildman–Crippen LogP) is 2.36. The lowest BCUT2D eigenvalue weighted by molar-refractivity contribution is 0.137. The van der Waals surface area contributed by atoms with Crippen LogP contribution in [0.4, 0.5) is 0 Å². The van der Waals surface area contributed by atoms with E-state index in [2.05, 4.69) is 19.6 Å². The SMILES string of the molecule is C[Si](C)(C)[C@@H]1O[C@H]1[C@H](O)c1ccccc1. The van der Waals surface area contributed by atoms with Crippen molar-refractivity contribution in [2.75, 3.05) is 0 Å². The minimum Gasteiger partial charge on any atom is -0.386 e. The van der Waals surface area contributed by atoms with E-state index in [0.29, 0.717) is 5.73 Å². The lowest BCUT2D eigenvalue weighted by Crippen LogP contribution is -2.31. The molecular formula is C12H18O2Si.